The number of hydrogen-bond acceptors (Lipinski definition) is 4. The van der Waals surface area contributed by atoms with Crippen LogP contribution in [0.25, 0.3) is 20.9 Å². The minimum absolute atomic E-state index is 0. The second-order valence-electron chi connectivity index (χ2n) is 3.36. The van der Waals surface area contributed by atoms with Crippen molar-refractivity contribution in [2.75, 3.05) is 0 Å². The molecule has 5 heteroatoms. The van der Waals surface area contributed by atoms with E-state index in [1.54, 1.807) is 18.3 Å². The Labute approximate surface area is 106 Å². The van der Waals surface area contributed by atoms with Gasteiger partial charge >= 0.3 is 10.1 Å². The summed E-state index contributed by atoms with van der Waals surface area (Å²) >= 11 is 1.53. The number of aromatic nitrogens is 2. The molecule has 0 saturated heterocycles. The summed E-state index contributed by atoms with van der Waals surface area (Å²) < 4.78 is 1.10. The Bertz CT molecular complexity index is 621. The van der Waals surface area contributed by atoms with E-state index >= 15 is 0 Å². The molecule has 82 valence electrons. The van der Waals surface area contributed by atoms with E-state index in [0.29, 0.717) is 5.69 Å². The molecule has 0 aliphatic carbocycles. The van der Waals surface area contributed by atoms with E-state index in [1.807, 2.05) is 24.3 Å². The van der Waals surface area contributed by atoms with Crippen LogP contribution in [0.2, 0.25) is 0 Å². The zero-order valence-corrected chi connectivity index (χ0v) is 9.11. The SMILES string of the molecule is Oc1cccnc1-c1nc2ccccc2s1.[BeH2]. The number of aromatic hydroxyl groups is 1. The maximum absolute atomic E-state index is 9.69. The van der Waals surface area contributed by atoms with Crippen LogP contribution in [0, 0.1) is 0 Å². The average Bonchev–Trinajstić information content (AvgIpc) is 2.73. The number of benzene rings is 1. The van der Waals surface area contributed by atoms with Crippen molar-refractivity contribution >= 4 is 31.7 Å². The van der Waals surface area contributed by atoms with Crippen LogP contribution in [-0.4, -0.2) is 25.2 Å². The summed E-state index contributed by atoms with van der Waals surface area (Å²) in [6.45, 7) is 0. The monoisotopic (exact) mass is 239 g/mol. The molecule has 0 saturated carbocycles. The molecule has 0 fully saturated rings. The van der Waals surface area contributed by atoms with Crippen molar-refractivity contribution in [2.24, 2.45) is 0 Å². The molecular formula is C12H10BeN2OS. The molecule has 0 amide bonds. The Morgan fingerprint density at radius 1 is 1.06 bits per heavy atom. The van der Waals surface area contributed by atoms with Gasteiger partial charge < -0.3 is 5.11 Å². The molecule has 1 N–H and O–H groups in total. The van der Waals surface area contributed by atoms with Gasteiger partial charge in [-0.05, 0) is 24.3 Å². The fraction of sp³-hybridized carbons (Fsp3) is 0. The van der Waals surface area contributed by atoms with Gasteiger partial charge in [0.05, 0.1) is 10.2 Å². The fourth-order valence-electron chi connectivity index (χ4n) is 1.54. The van der Waals surface area contributed by atoms with Crippen molar-refractivity contribution < 1.29 is 5.11 Å². The zero-order valence-electron chi connectivity index (χ0n) is 8.29. The van der Waals surface area contributed by atoms with Gasteiger partial charge in [-0.1, -0.05) is 12.1 Å². The van der Waals surface area contributed by atoms with Gasteiger partial charge in [-0.2, -0.15) is 0 Å². The summed E-state index contributed by atoms with van der Waals surface area (Å²) in [6, 6.07) is 11.2. The fourth-order valence-corrected chi connectivity index (χ4v) is 2.51. The zero-order chi connectivity index (χ0) is 11.0. The minimum atomic E-state index is 0. The van der Waals surface area contributed by atoms with Crippen molar-refractivity contribution in [1.82, 2.24) is 9.97 Å². The van der Waals surface area contributed by atoms with E-state index in [-0.39, 0.29) is 15.9 Å². The number of fused-ring (bicyclic) bond motifs is 1. The van der Waals surface area contributed by atoms with Crippen LogP contribution in [0.4, 0.5) is 0 Å². The molecule has 3 aromatic rings. The Morgan fingerprint density at radius 2 is 1.88 bits per heavy atom. The van der Waals surface area contributed by atoms with Gasteiger partial charge in [0.25, 0.3) is 0 Å². The molecular weight excluding hydrogens is 229 g/mol. The van der Waals surface area contributed by atoms with E-state index < -0.39 is 0 Å². The Balaban J connectivity index is 0.00000108. The van der Waals surface area contributed by atoms with Gasteiger partial charge in [0.1, 0.15) is 16.5 Å². The average molecular weight is 239 g/mol. The van der Waals surface area contributed by atoms with Crippen LogP contribution < -0.4 is 0 Å². The molecule has 3 rings (SSSR count). The normalized spacial score (nSPS) is 10.1. The molecule has 0 unspecified atom stereocenters. The molecule has 2 aromatic heterocycles. The summed E-state index contributed by atoms with van der Waals surface area (Å²) in [7, 11) is 0. The van der Waals surface area contributed by atoms with Crippen molar-refractivity contribution in [3.05, 3.63) is 42.6 Å². The van der Waals surface area contributed by atoms with Crippen LogP contribution in [0.15, 0.2) is 42.6 Å². The standard InChI is InChI=1S/C12H8N2OS.Be.2H/c15-9-5-3-7-13-11(9)12-14-8-4-1-2-6-10(8)16-12;;;/h1-7,15H;;;. The first kappa shape index (κ1) is 11.7. The summed E-state index contributed by atoms with van der Waals surface area (Å²) in [5, 5.41) is 10.4. The molecule has 0 atom stereocenters. The molecule has 0 bridgehead atoms. The Hall–Kier alpha value is -1.77. The third-order valence-corrected chi connectivity index (χ3v) is 3.33. The van der Waals surface area contributed by atoms with Gasteiger partial charge in [0.2, 0.25) is 0 Å². The third-order valence-electron chi connectivity index (χ3n) is 2.28. The van der Waals surface area contributed by atoms with E-state index in [2.05, 4.69) is 9.97 Å². The molecule has 17 heavy (non-hydrogen) atoms. The number of thiazole rings is 1. The molecule has 0 aliphatic rings. The number of nitrogens with zero attached hydrogens (tertiary/aromatic N) is 2. The number of para-hydroxylation sites is 1. The van der Waals surface area contributed by atoms with Crippen LogP contribution in [-0.2, 0) is 0 Å². The molecule has 1 aromatic carbocycles. The molecule has 2 heterocycles. The van der Waals surface area contributed by atoms with E-state index in [4.69, 9.17) is 0 Å². The van der Waals surface area contributed by atoms with E-state index in [9.17, 15) is 5.11 Å². The predicted molar refractivity (Wildman–Crippen MR) is 73.1 cm³/mol. The van der Waals surface area contributed by atoms with Crippen LogP contribution >= 0.6 is 11.3 Å². The molecule has 0 spiro atoms. The number of pyridine rings is 1. The van der Waals surface area contributed by atoms with E-state index in [1.165, 1.54) is 11.3 Å². The van der Waals surface area contributed by atoms with E-state index in [0.717, 1.165) is 15.2 Å². The molecule has 0 aliphatic heterocycles. The summed E-state index contributed by atoms with van der Waals surface area (Å²) in [5.74, 6) is 0.168. The molecule has 3 nitrogen and oxygen atoms in total. The van der Waals surface area contributed by atoms with Crippen LogP contribution in [0.5, 0.6) is 5.75 Å². The summed E-state index contributed by atoms with van der Waals surface area (Å²) in [4.78, 5) is 8.58. The van der Waals surface area contributed by atoms with Crippen LogP contribution in [0.3, 0.4) is 0 Å². The predicted octanol–water partition coefficient (Wildman–Crippen LogP) is 2.15. The summed E-state index contributed by atoms with van der Waals surface area (Å²) in [5.41, 5.74) is 1.48. The number of rotatable bonds is 1. The first-order valence-electron chi connectivity index (χ1n) is 4.84. The maximum atomic E-state index is 9.69. The van der Waals surface area contributed by atoms with Crippen molar-refractivity contribution in [3.63, 3.8) is 0 Å². The van der Waals surface area contributed by atoms with Gasteiger partial charge in [0.15, 0.2) is 0 Å². The van der Waals surface area contributed by atoms with Gasteiger partial charge in [-0.25, -0.2) is 9.97 Å². The van der Waals surface area contributed by atoms with Gasteiger partial charge in [-0.15, -0.1) is 11.3 Å². The van der Waals surface area contributed by atoms with Crippen molar-refractivity contribution in [2.45, 2.75) is 0 Å². The Morgan fingerprint density at radius 3 is 2.65 bits per heavy atom. The summed E-state index contributed by atoms with van der Waals surface area (Å²) in [6.07, 6.45) is 1.65. The first-order chi connectivity index (χ1) is 7.84. The van der Waals surface area contributed by atoms with Crippen molar-refractivity contribution in [3.8, 4) is 16.5 Å². The Kier molecular flexibility index (Phi) is 3.18. The molecule has 0 radical (unpaired) electrons. The van der Waals surface area contributed by atoms with Gasteiger partial charge in [-0.3, -0.25) is 0 Å². The van der Waals surface area contributed by atoms with Crippen molar-refractivity contribution in [1.29, 1.82) is 0 Å². The second kappa shape index (κ2) is 4.61. The quantitative estimate of drug-likeness (QED) is 0.662. The second-order valence-corrected chi connectivity index (χ2v) is 4.39. The third kappa shape index (κ3) is 2.05. The van der Waals surface area contributed by atoms with Gasteiger partial charge in [0, 0.05) is 6.20 Å². The topological polar surface area (TPSA) is 46.0 Å². The van der Waals surface area contributed by atoms with Crippen LogP contribution in [0.1, 0.15) is 0 Å². The number of hydrogen-bond donors (Lipinski definition) is 1. The first-order valence-corrected chi connectivity index (χ1v) is 5.66.